The Morgan fingerprint density at radius 2 is 2.33 bits per heavy atom. The van der Waals surface area contributed by atoms with Gasteiger partial charge in [-0.2, -0.15) is 0 Å². The second-order valence-electron chi connectivity index (χ2n) is 5.73. The number of carbonyl (C=O) groups excluding carboxylic acids is 1. The summed E-state index contributed by atoms with van der Waals surface area (Å²) in [7, 11) is 1.61. The summed E-state index contributed by atoms with van der Waals surface area (Å²) in [6.07, 6.45) is 2.28. The van der Waals surface area contributed by atoms with Crippen LogP contribution in [0, 0.1) is 12.8 Å². The van der Waals surface area contributed by atoms with Crippen LogP contribution >= 0.6 is 0 Å². The third kappa shape index (κ3) is 4.44. The highest BCUT2D eigenvalue weighted by Gasteiger charge is 2.20. The lowest BCUT2D eigenvalue weighted by Gasteiger charge is -2.31. The summed E-state index contributed by atoms with van der Waals surface area (Å²) in [4.78, 5) is 14.4. The van der Waals surface area contributed by atoms with Crippen molar-refractivity contribution in [1.82, 2.24) is 4.90 Å². The molecular weight excluding hydrogens is 266 g/mol. The van der Waals surface area contributed by atoms with Crippen molar-refractivity contribution in [3.8, 4) is 5.75 Å². The minimum absolute atomic E-state index is 0.00317. The third-order valence-electron chi connectivity index (χ3n) is 3.93. The summed E-state index contributed by atoms with van der Waals surface area (Å²) in [6.45, 7) is 4.98. The number of nitrogens with zero attached hydrogens (tertiary/aromatic N) is 1. The Hall–Kier alpha value is -1.59. The zero-order valence-corrected chi connectivity index (χ0v) is 12.9. The lowest BCUT2D eigenvalue weighted by Crippen LogP contribution is -2.42. The number of nitrogens with two attached hydrogens (primary N) is 1. The van der Waals surface area contributed by atoms with Gasteiger partial charge in [-0.1, -0.05) is 6.07 Å². The molecule has 1 aromatic rings. The summed E-state index contributed by atoms with van der Waals surface area (Å²) in [5.74, 6) is 1.20. The van der Waals surface area contributed by atoms with Crippen LogP contribution in [-0.4, -0.2) is 44.1 Å². The highest BCUT2D eigenvalue weighted by Crippen LogP contribution is 2.25. The van der Waals surface area contributed by atoms with Gasteiger partial charge >= 0.3 is 0 Å². The van der Waals surface area contributed by atoms with Gasteiger partial charge in [-0.05, 0) is 56.5 Å². The molecular formula is C16H25N3O2. The van der Waals surface area contributed by atoms with Crippen LogP contribution in [0.25, 0.3) is 0 Å². The van der Waals surface area contributed by atoms with Gasteiger partial charge in [0, 0.05) is 6.54 Å². The Morgan fingerprint density at radius 3 is 3.05 bits per heavy atom. The number of methoxy groups -OCH3 is 1. The number of hydrogen-bond donors (Lipinski definition) is 2. The Kier molecular flexibility index (Phi) is 5.59. The number of nitrogens with one attached hydrogen (secondary N) is 1. The first-order valence-corrected chi connectivity index (χ1v) is 7.49. The van der Waals surface area contributed by atoms with Crippen molar-refractivity contribution < 1.29 is 9.53 Å². The molecule has 1 aliphatic rings. The topological polar surface area (TPSA) is 67.6 Å². The fourth-order valence-corrected chi connectivity index (χ4v) is 2.80. The van der Waals surface area contributed by atoms with E-state index in [0.29, 0.717) is 24.8 Å². The maximum Gasteiger partial charge on any atom is 0.238 e. The fourth-order valence-electron chi connectivity index (χ4n) is 2.80. The molecule has 1 saturated heterocycles. The average molecular weight is 291 g/mol. The molecule has 0 aromatic heterocycles. The molecule has 5 heteroatoms. The van der Waals surface area contributed by atoms with E-state index in [-0.39, 0.29) is 5.91 Å². The molecule has 0 saturated carbocycles. The molecule has 1 fully saturated rings. The Bertz CT molecular complexity index is 490. The van der Waals surface area contributed by atoms with Gasteiger partial charge in [-0.15, -0.1) is 0 Å². The predicted molar refractivity (Wildman–Crippen MR) is 84.6 cm³/mol. The molecule has 0 bridgehead atoms. The van der Waals surface area contributed by atoms with E-state index in [4.69, 9.17) is 10.5 Å². The zero-order chi connectivity index (χ0) is 15.2. The molecule has 3 N–H and O–H groups in total. The van der Waals surface area contributed by atoms with Gasteiger partial charge in [0.2, 0.25) is 5.91 Å². The standard InChI is InChI=1S/C16H25N3O2/c1-12-5-6-15(21-2)14(8-12)18-16(20)11-19-7-3-4-13(9-17)10-19/h5-6,8,13H,3-4,7,9-11,17H2,1-2H3,(H,18,20). The molecule has 1 heterocycles. The number of hydrogen-bond acceptors (Lipinski definition) is 4. The molecule has 0 spiro atoms. The van der Waals surface area contributed by atoms with E-state index in [1.54, 1.807) is 7.11 Å². The van der Waals surface area contributed by atoms with Crippen molar-refractivity contribution in [3.05, 3.63) is 23.8 Å². The number of amides is 1. The molecule has 5 nitrogen and oxygen atoms in total. The van der Waals surface area contributed by atoms with Crippen LogP contribution in [0.4, 0.5) is 5.69 Å². The van der Waals surface area contributed by atoms with E-state index in [1.165, 1.54) is 6.42 Å². The molecule has 0 radical (unpaired) electrons. The van der Waals surface area contributed by atoms with Crippen LogP contribution in [0.1, 0.15) is 18.4 Å². The van der Waals surface area contributed by atoms with Crippen molar-refractivity contribution in [2.24, 2.45) is 11.7 Å². The van der Waals surface area contributed by atoms with Gasteiger partial charge in [0.15, 0.2) is 0 Å². The van der Waals surface area contributed by atoms with Gasteiger partial charge < -0.3 is 15.8 Å². The monoisotopic (exact) mass is 291 g/mol. The first kappa shape index (κ1) is 15.8. The first-order chi connectivity index (χ1) is 10.1. The van der Waals surface area contributed by atoms with Crippen LogP contribution in [0.5, 0.6) is 5.75 Å². The third-order valence-corrected chi connectivity index (χ3v) is 3.93. The Morgan fingerprint density at radius 1 is 1.52 bits per heavy atom. The van der Waals surface area contributed by atoms with Gasteiger partial charge in [-0.3, -0.25) is 9.69 Å². The number of piperidine rings is 1. The van der Waals surface area contributed by atoms with E-state index in [0.717, 1.165) is 30.8 Å². The Balaban J connectivity index is 1.94. The van der Waals surface area contributed by atoms with Gasteiger partial charge in [0.25, 0.3) is 0 Å². The number of ether oxygens (including phenoxy) is 1. The van der Waals surface area contributed by atoms with Gasteiger partial charge in [0.05, 0.1) is 19.3 Å². The minimum Gasteiger partial charge on any atom is -0.495 e. The molecule has 0 aliphatic carbocycles. The van der Waals surface area contributed by atoms with E-state index in [2.05, 4.69) is 10.2 Å². The Labute approximate surface area is 126 Å². The predicted octanol–water partition coefficient (Wildman–Crippen LogP) is 1.61. The maximum atomic E-state index is 12.2. The van der Waals surface area contributed by atoms with Crippen molar-refractivity contribution in [1.29, 1.82) is 0 Å². The molecule has 21 heavy (non-hydrogen) atoms. The lowest BCUT2D eigenvalue weighted by molar-refractivity contribution is -0.117. The number of likely N-dealkylation sites (tertiary alicyclic amines) is 1. The summed E-state index contributed by atoms with van der Waals surface area (Å²) in [6, 6.07) is 5.76. The van der Waals surface area contributed by atoms with Crippen molar-refractivity contribution in [2.75, 3.05) is 38.6 Å². The SMILES string of the molecule is COc1ccc(C)cc1NC(=O)CN1CCCC(CN)C1. The summed E-state index contributed by atoms with van der Waals surface area (Å²) >= 11 is 0. The van der Waals surface area contributed by atoms with Crippen LogP contribution < -0.4 is 15.8 Å². The van der Waals surface area contributed by atoms with Crippen LogP contribution in [-0.2, 0) is 4.79 Å². The number of aryl methyl sites for hydroxylation is 1. The fraction of sp³-hybridized carbons (Fsp3) is 0.562. The molecule has 1 atom stereocenters. The number of anilines is 1. The van der Waals surface area contributed by atoms with Crippen LogP contribution in [0.3, 0.4) is 0 Å². The van der Waals surface area contributed by atoms with Crippen molar-refractivity contribution in [3.63, 3.8) is 0 Å². The quantitative estimate of drug-likeness (QED) is 0.865. The molecule has 116 valence electrons. The smallest absolute Gasteiger partial charge is 0.238 e. The maximum absolute atomic E-state index is 12.2. The molecule has 1 aliphatic heterocycles. The second-order valence-corrected chi connectivity index (χ2v) is 5.73. The average Bonchev–Trinajstić information content (AvgIpc) is 2.47. The summed E-state index contributed by atoms with van der Waals surface area (Å²) in [5.41, 5.74) is 7.55. The largest absolute Gasteiger partial charge is 0.495 e. The van der Waals surface area contributed by atoms with E-state index >= 15 is 0 Å². The van der Waals surface area contributed by atoms with Crippen LogP contribution in [0.2, 0.25) is 0 Å². The van der Waals surface area contributed by atoms with E-state index in [9.17, 15) is 4.79 Å². The number of carbonyl (C=O) groups is 1. The number of benzene rings is 1. The highest BCUT2D eigenvalue weighted by molar-refractivity contribution is 5.93. The van der Waals surface area contributed by atoms with E-state index in [1.807, 2.05) is 25.1 Å². The highest BCUT2D eigenvalue weighted by atomic mass is 16.5. The minimum atomic E-state index is -0.00317. The normalized spacial score (nSPS) is 19.3. The van der Waals surface area contributed by atoms with Gasteiger partial charge in [0.1, 0.15) is 5.75 Å². The second kappa shape index (κ2) is 7.43. The van der Waals surface area contributed by atoms with Crippen molar-refractivity contribution in [2.45, 2.75) is 19.8 Å². The molecule has 1 aromatic carbocycles. The first-order valence-electron chi connectivity index (χ1n) is 7.49. The number of rotatable bonds is 5. The van der Waals surface area contributed by atoms with Gasteiger partial charge in [-0.25, -0.2) is 0 Å². The molecule has 1 unspecified atom stereocenters. The summed E-state index contributed by atoms with van der Waals surface area (Å²) < 4.78 is 5.28. The zero-order valence-electron chi connectivity index (χ0n) is 12.9. The van der Waals surface area contributed by atoms with Crippen molar-refractivity contribution >= 4 is 11.6 Å². The summed E-state index contributed by atoms with van der Waals surface area (Å²) in [5, 5.41) is 2.95. The molecule has 1 amide bonds. The van der Waals surface area contributed by atoms with E-state index < -0.39 is 0 Å². The lowest BCUT2D eigenvalue weighted by atomic mass is 9.98. The molecule has 2 rings (SSSR count). The van der Waals surface area contributed by atoms with Crippen LogP contribution in [0.15, 0.2) is 18.2 Å².